The number of amides is 4. The van der Waals surface area contributed by atoms with Crippen molar-refractivity contribution in [3.8, 4) is 23.0 Å². The van der Waals surface area contributed by atoms with Crippen molar-refractivity contribution in [2.24, 2.45) is 0 Å². The Labute approximate surface area is 531 Å². The smallest absolute Gasteiger partial charge is 0.505 e. The monoisotopic (exact) mass is 1240 g/mol. The van der Waals surface area contributed by atoms with Crippen molar-refractivity contribution < 1.29 is 56.8 Å². The fourth-order valence-electron chi connectivity index (χ4n) is 11.7. The molecule has 2 aromatic heterocycles. The van der Waals surface area contributed by atoms with Gasteiger partial charge in [-0.25, -0.2) is 23.5 Å². The number of carbonyl (C=O) groups is 5. The summed E-state index contributed by atoms with van der Waals surface area (Å²) in [6.07, 6.45) is 0.728. The number of fused-ring (bicyclic) bond motifs is 4. The average molecular weight is 1240 g/mol. The molecule has 2 aliphatic rings. The first-order chi connectivity index (χ1) is 45.4. The Kier molecular flexibility index (Phi) is 16.9. The van der Waals surface area contributed by atoms with Gasteiger partial charge in [-0.2, -0.15) is 0 Å². The molecule has 16 nitrogen and oxygen atoms in total. The van der Waals surface area contributed by atoms with Gasteiger partial charge in [0.15, 0.2) is 23.0 Å². The Balaban J connectivity index is 0.000000170. The SMILES string of the molecule is CCOC(=O)Oc1c2c(c(OC(c3ccccc3)c3ccccc3)c3ncn(Cc4ccccc4)c13)C(=O)N(Cc1ccc(F)cc1)C2=O.O=C1c2c(c(O)c3c(ncn3Cc3ccccc3)c2OC(c2ccccc2)c2ccccc2)C(=O)N1Cc1ccc(F)cc1. The van der Waals surface area contributed by atoms with Crippen molar-refractivity contribution in [3.05, 3.63) is 322 Å². The summed E-state index contributed by atoms with van der Waals surface area (Å²) in [7, 11) is 0. The second kappa shape index (κ2) is 26.2. The number of imidazole rings is 2. The summed E-state index contributed by atoms with van der Waals surface area (Å²) in [5, 5.41) is 11.7. The van der Waals surface area contributed by atoms with Crippen molar-refractivity contribution in [2.45, 2.75) is 45.3 Å². The minimum Gasteiger partial charge on any atom is -0.505 e. The van der Waals surface area contributed by atoms with Gasteiger partial charge >= 0.3 is 6.16 Å². The van der Waals surface area contributed by atoms with Gasteiger partial charge < -0.3 is 33.2 Å². The largest absolute Gasteiger partial charge is 0.513 e. The molecule has 93 heavy (non-hydrogen) atoms. The molecule has 2 aliphatic heterocycles. The van der Waals surface area contributed by atoms with Crippen molar-refractivity contribution in [3.63, 3.8) is 0 Å². The van der Waals surface area contributed by atoms with Crippen molar-refractivity contribution in [1.82, 2.24) is 28.9 Å². The lowest BCUT2D eigenvalue weighted by atomic mass is 10.00. The number of phenols is 1. The van der Waals surface area contributed by atoms with Gasteiger partial charge in [-0.3, -0.25) is 29.0 Å². The average Bonchev–Trinajstić information content (AvgIpc) is 1.58. The molecule has 0 atom stereocenters. The number of aromatic nitrogens is 4. The zero-order valence-electron chi connectivity index (χ0n) is 49.8. The molecule has 12 aromatic rings. The summed E-state index contributed by atoms with van der Waals surface area (Å²) in [5.74, 6) is -3.89. The van der Waals surface area contributed by atoms with E-state index in [-0.39, 0.29) is 87.0 Å². The number of phenolic OH excluding ortho intramolecular Hbond substituents is 1. The molecule has 4 heterocycles. The van der Waals surface area contributed by atoms with E-state index in [0.717, 1.165) is 43.2 Å². The Morgan fingerprint density at radius 2 is 0.742 bits per heavy atom. The fraction of sp³-hybridized carbons (Fsp3) is 0.107. The predicted octanol–water partition coefficient (Wildman–Crippen LogP) is 14.6. The number of halogens is 2. The minimum atomic E-state index is -1.05. The molecule has 0 aliphatic carbocycles. The minimum absolute atomic E-state index is 0.0219. The van der Waals surface area contributed by atoms with Gasteiger partial charge in [0.25, 0.3) is 23.6 Å². The molecule has 14 rings (SSSR count). The van der Waals surface area contributed by atoms with E-state index in [1.54, 1.807) is 28.7 Å². The number of carbonyl (C=O) groups excluding carboxylic acids is 5. The van der Waals surface area contributed by atoms with Gasteiger partial charge in [0.1, 0.15) is 68.2 Å². The van der Waals surface area contributed by atoms with Crippen LogP contribution in [0.2, 0.25) is 0 Å². The Hall–Kier alpha value is -12.1. The maximum absolute atomic E-state index is 14.4. The van der Waals surface area contributed by atoms with Gasteiger partial charge in [0, 0.05) is 13.1 Å². The number of rotatable bonds is 18. The summed E-state index contributed by atoms with van der Waals surface area (Å²) in [6.45, 7) is 2.06. The number of aromatic hydroxyl groups is 1. The highest BCUT2D eigenvalue weighted by Crippen LogP contribution is 2.49. The number of benzene rings is 10. The first-order valence-corrected chi connectivity index (χ1v) is 29.9. The Morgan fingerprint density at radius 1 is 0.419 bits per heavy atom. The molecule has 1 N–H and O–H groups in total. The third-order valence-corrected chi connectivity index (χ3v) is 16.0. The lowest BCUT2D eigenvalue weighted by Crippen LogP contribution is -2.29. The molecule has 10 aromatic carbocycles. The maximum atomic E-state index is 14.4. The summed E-state index contributed by atoms with van der Waals surface area (Å²) in [5.41, 5.74) is 6.80. The second-order valence-corrected chi connectivity index (χ2v) is 22.0. The standard InChI is InChI=1S/C39H30FN3O6.C36H26FN3O4/c1-2-47-39(46)49-36-31-30(37(44)43(38(31)45)23-26-18-20-29(40)21-19-26)35(32-33(36)42(24-41-32)22-25-12-6-3-7-13-25)48-34(27-14-8-4-9-15-27)28-16-10-5-11-17-28;37-27-18-16-24(17-19-27)21-40-35(42)28-29(36(40)43)34(44-33(25-12-6-2-7-13-25)26-14-8-3-9-15-26)30-31(32(28)41)39(22-38-30)20-23-10-4-1-5-11-23/h3-21,24,34H,2,22-23H2,1H3;1-19,22,33,41H,20-21H2. The lowest BCUT2D eigenvalue weighted by Gasteiger charge is -2.22. The molecule has 0 radical (unpaired) electrons. The zero-order chi connectivity index (χ0) is 64.1. The number of ether oxygens (including phenoxy) is 4. The molecule has 18 heteroatoms. The highest BCUT2D eigenvalue weighted by molar-refractivity contribution is 6.28. The van der Waals surface area contributed by atoms with Gasteiger partial charge in [-0.05, 0) is 75.7 Å². The molecule has 0 spiro atoms. The van der Waals surface area contributed by atoms with E-state index in [4.69, 9.17) is 23.9 Å². The molecule has 4 amide bonds. The Bertz CT molecular complexity index is 4670. The highest BCUT2D eigenvalue weighted by atomic mass is 19.1. The first kappa shape index (κ1) is 59.9. The maximum Gasteiger partial charge on any atom is 0.513 e. The Morgan fingerprint density at radius 3 is 1.13 bits per heavy atom. The van der Waals surface area contributed by atoms with Crippen LogP contribution < -0.4 is 14.2 Å². The highest BCUT2D eigenvalue weighted by Gasteiger charge is 2.46. The van der Waals surface area contributed by atoms with Crippen LogP contribution in [0.1, 0.15) is 105 Å². The molecule has 0 fully saturated rings. The third kappa shape index (κ3) is 12.0. The normalized spacial score (nSPS) is 12.6. The van der Waals surface area contributed by atoms with Crippen molar-refractivity contribution >= 4 is 51.9 Å². The van der Waals surface area contributed by atoms with Crippen LogP contribution >= 0.6 is 0 Å². The van der Waals surface area contributed by atoms with E-state index in [9.17, 15) is 37.9 Å². The van der Waals surface area contributed by atoms with E-state index >= 15 is 0 Å². The molecular weight excluding hydrogens is 1180 g/mol. The second-order valence-electron chi connectivity index (χ2n) is 22.0. The van der Waals surface area contributed by atoms with Crippen LogP contribution in [0.15, 0.2) is 243 Å². The molecule has 460 valence electrons. The third-order valence-electron chi connectivity index (χ3n) is 16.0. The van der Waals surface area contributed by atoms with Gasteiger partial charge in [-0.1, -0.05) is 206 Å². The van der Waals surface area contributed by atoms with Crippen LogP contribution in [0, 0.1) is 11.6 Å². The van der Waals surface area contributed by atoms with Crippen LogP contribution in [-0.4, -0.2) is 70.4 Å². The van der Waals surface area contributed by atoms with Crippen molar-refractivity contribution in [1.29, 1.82) is 0 Å². The van der Waals surface area contributed by atoms with E-state index in [2.05, 4.69) is 4.98 Å². The molecule has 0 unspecified atom stereocenters. The first-order valence-electron chi connectivity index (χ1n) is 29.9. The van der Waals surface area contributed by atoms with Crippen LogP contribution in [0.4, 0.5) is 13.6 Å². The summed E-state index contributed by atoms with van der Waals surface area (Å²) >= 11 is 0. The van der Waals surface area contributed by atoms with Crippen LogP contribution in [0.5, 0.6) is 23.0 Å². The van der Waals surface area contributed by atoms with Crippen LogP contribution in [0.3, 0.4) is 0 Å². The molecule has 0 bridgehead atoms. The summed E-state index contributed by atoms with van der Waals surface area (Å²) < 4.78 is 55.3. The summed E-state index contributed by atoms with van der Waals surface area (Å²) in [4.78, 5) is 81.1. The van der Waals surface area contributed by atoms with Crippen LogP contribution in [-0.2, 0) is 30.9 Å². The number of nitrogens with zero attached hydrogens (tertiary/aromatic N) is 6. The van der Waals surface area contributed by atoms with E-state index in [0.29, 0.717) is 24.2 Å². The number of hydrogen-bond donors (Lipinski definition) is 1. The predicted molar refractivity (Wildman–Crippen MR) is 342 cm³/mol. The number of hydrogen-bond acceptors (Lipinski definition) is 12. The van der Waals surface area contributed by atoms with Gasteiger partial charge in [0.05, 0.1) is 32.4 Å². The van der Waals surface area contributed by atoms with E-state index < -0.39 is 53.6 Å². The lowest BCUT2D eigenvalue weighted by molar-refractivity contribution is 0.0623. The summed E-state index contributed by atoms with van der Waals surface area (Å²) in [6, 6.07) is 68.4. The quantitative estimate of drug-likeness (QED) is 0.0488. The molecule has 0 saturated carbocycles. The van der Waals surface area contributed by atoms with Gasteiger partial charge in [-0.15, -0.1) is 0 Å². The van der Waals surface area contributed by atoms with Crippen LogP contribution in [0.25, 0.3) is 22.1 Å². The molecule has 0 saturated heterocycles. The van der Waals surface area contributed by atoms with Gasteiger partial charge in [0.2, 0.25) is 0 Å². The fourth-order valence-corrected chi connectivity index (χ4v) is 11.7. The van der Waals surface area contributed by atoms with E-state index in [1.807, 2.05) is 182 Å². The van der Waals surface area contributed by atoms with Crippen molar-refractivity contribution in [2.75, 3.05) is 6.61 Å². The van der Waals surface area contributed by atoms with E-state index in [1.165, 1.54) is 48.5 Å². The topological polar surface area (TPSA) is 185 Å². The molecular formula is C75H56F2N6O10. The zero-order valence-corrected chi connectivity index (χ0v) is 49.8. The number of imide groups is 2.